The van der Waals surface area contributed by atoms with Gasteiger partial charge in [-0.1, -0.05) is 20.8 Å². The summed E-state index contributed by atoms with van der Waals surface area (Å²) >= 11 is 1.19. The predicted molar refractivity (Wildman–Crippen MR) is 68.7 cm³/mol. The number of hydrogen-bond donors (Lipinski definition) is 0. The van der Waals surface area contributed by atoms with E-state index in [2.05, 4.69) is 11.1 Å². The highest BCUT2D eigenvalue weighted by Gasteiger charge is 2.18. The van der Waals surface area contributed by atoms with Gasteiger partial charge in [0.2, 0.25) is 0 Å². The van der Waals surface area contributed by atoms with Crippen molar-refractivity contribution in [3.05, 3.63) is 15.6 Å². The van der Waals surface area contributed by atoms with Gasteiger partial charge in [0.05, 0.1) is 11.4 Å². The van der Waals surface area contributed by atoms with Gasteiger partial charge in [0.25, 0.3) is 0 Å². The molecule has 0 atom stereocenters. The van der Waals surface area contributed by atoms with Crippen molar-refractivity contribution in [2.45, 2.75) is 38.9 Å². The molecule has 0 aliphatic rings. The van der Waals surface area contributed by atoms with Gasteiger partial charge >= 0.3 is 0 Å². The maximum Gasteiger partial charge on any atom is 0.156 e. The van der Waals surface area contributed by atoms with E-state index < -0.39 is 9.84 Å². The fraction of sp³-hybridized carbons (Fsp3) is 0.636. The Bertz CT molecular complexity index is 524. The topological polar surface area (TPSA) is 70.8 Å². The van der Waals surface area contributed by atoms with Gasteiger partial charge in [-0.3, -0.25) is 0 Å². The Morgan fingerprint density at radius 1 is 1.47 bits per heavy atom. The molecule has 6 heteroatoms. The number of hydrogen-bond acceptors (Lipinski definition) is 5. The van der Waals surface area contributed by atoms with Crippen LogP contribution in [0, 0.1) is 11.3 Å². The highest BCUT2D eigenvalue weighted by Crippen LogP contribution is 2.25. The van der Waals surface area contributed by atoms with Crippen LogP contribution in [-0.4, -0.2) is 19.2 Å². The molecule has 0 spiro atoms. The molecule has 4 nitrogen and oxygen atoms in total. The van der Waals surface area contributed by atoms with Gasteiger partial charge in [-0.05, 0) is 12.3 Å². The van der Waals surface area contributed by atoms with Gasteiger partial charge in [0, 0.05) is 0 Å². The first kappa shape index (κ1) is 14.1. The second kappa shape index (κ2) is 5.61. The zero-order valence-electron chi connectivity index (χ0n) is 10.2. The molecule has 0 fully saturated rings. The summed E-state index contributed by atoms with van der Waals surface area (Å²) in [5, 5.41) is 9.48. The molecule has 0 saturated carbocycles. The molecular weight excluding hydrogens is 256 g/mol. The van der Waals surface area contributed by atoms with Crippen molar-refractivity contribution < 1.29 is 8.42 Å². The molecule has 0 aliphatic carbocycles. The molecule has 94 valence electrons. The maximum absolute atomic E-state index is 11.7. The van der Waals surface area contributed by atoms with Crippen LogP contribution in [0.2, 0.25) is 0 Å². The molecule has 0 amide bonds. The van der Waals surface area contributed by atoms with E-state index in [0.717, 1.165) is 0 Å². The number of nitriles is 1. The molecule has 0 aliphatic heterocycles. The zero-order chi connectivity index (χ0) is 13.1. The number of aromatic nitrogens is 1. The molecule has 0 unspecified atom stereocenters. The summed E-state index contributed by atoms with van der Waals surface area (Å²) in [4.78, 5) is 4.79. The monoisotopic (exact) mass is 272 g/mol. The quantitative estimate of drug-likeness (QED) is 0.825. The van der Waals surface area contributed by atoms with Crippen molar-refractivity contribution in [1.82, 2.24) is 4.98 Å². The van der Waals surface area contributed by atoms with Crippen LogP contribution < -0.4 is 0 Å². The molecule has 17 heavy (non-hydrogen) atoms. The van der Waals surface area contributed by atoms with E-state index in [-0.39, 0.29) is 17.4 Å². The molecule has 1 aromatic heterocycles. The Hall–Kier alpha value is -0.930. The Balaban J connectivity index is 2.99. The number of thiazole rings is 1. The van der Waals surface area contributed by atoms with E-state index in [4.69, 9.17) is 5.26 Å². The first-order valence-electron chi connectivity index (χ1n) is 5.49. The molecule has 0 saturated heterocycles. The molecule has 0 radical (unpaired) electrons. The van der Waals surface area contributed by atoms with Crippen molar-refractivity contribution in [2.24, 2.45) is 0 Å². The van der Waals surface area contributed by atoms with Crippen LogP contribution in [0.15, 0.2) is 0 Å². The van der Waals surface area contributed by atoms with E-state index >= 15 is 0 Å². The summed E-state index contributed by atoms with van der Waals surface area (Å²) in [6.45, 7) is 5.72. The van der Waals surface area contributed by atoms with Crippen molar-refractivity contribution in [3.8, 4) is 6.07 Å². The van der Waals surface area contributed by atoms with E-state index in [1.54, 1.807) is 0 Å². The van der Waals surface area contributed by atoms with Gasteiger partial charge in [0.15, 0.2) is 9.84 Å². The lowest BCUT2D eigenvalue weighted by molar-refractivity contribution is 0.593. The lowest BCUT2D eigenvalue weighted by Gasteiger charge is -2.00. The Morgan fingerprint density at radius 2 is 2.12 bits per heavy atom. The van der Waals surface area contributed by atoms with Crippen molar-refractivity contribution >= 4 is 21.2 Å². The summed E-state index contributed by atoms with van der Waals surface area (Å²) in [7, 11) is -3.08. The van der Waals surface area contributed by atoms with Crippen LogP contribution in [0.4, 0.5) is 0 Å². The Morgan fingerprint density at radius 3 is 2.53 bits per heavy atom. The molecule has 0 bridgehead atoms. The summed E-state index contributed by atoms with van der Waals surface area (Å²) in [5.41, 5.74) is 0.708. The normalized spacial score (nSPS) is 11.7. The number of sulfone groups is 1. The molecule has 1 heterocycles. The van der Waals surface area contributed by atoms with Gasteiger partial charge in [0.1, 0.15) is 21.7 Å². The number of nitrogens with zero attached hydrogens (tertiary/aromatic N) is 2. The van der Waals surface area contributed by atoms with Crippen LogP contribution in [0.5, 0.6) is 0 Å². The van der Waals surface area contributed by atoms with Crippen molar-refractivity contribution in [2.75, 3.05) is 5.75 Å². The molecule has 0 aromatic carbocycles. The minimum absolute atomic E-state index is 0.0487. The Labute approximate surface area is 106 Å². The van der Waals surface area contributed by atoms with Crippen LogP contribution in [0.1, 0.15) is 48.7 Å². The first-order chi connectivity index (χ1) is 7.89. The van der Waals surface area contributed by atoms with Gasteiger partial charge in [-0.15, -0.1) is 11.3 Å². The van der Waals surface area contributed by atoms with Crippen LogP contribution in [0.25, 0.3) is 0 Å². The van der Waals surface area contributed by atoms with Crippen LogP contribution >= 0.6 is 11.3 Å². The predicted octanol–water partition coefficient (Wildman–Crippen LogP) is 2.46. The molecule has 0 N–H and O–H groups in total. The van der Waals surface area contributed by atoms with E-state index in [1.165, 1.54) is 11.3 Å². The molecule has 1 rings (SSSR count). The minimum Gasteiger partial charge on any atom is -0.243 e. The average Bonchev–Trinajstić information content (AvgIpc) is 2.59. The lowest BCUT2D eigenvalue weighted by atomic mass is 10.1. The van der Waals surface area contributed by atoms with Crippen molar-refractivity contribution in [1.29, 1.82) is 5.26 Å². The molecular formula is C11H16N2O2S2. The number of rotatable bonds is 5. The van der Waals surface area contributed by atoms with Crippen LogP contribution in [0.3, 0.4) is 0 Å². The second-order valence-electron chi connectivity index (χ2n) is 4.18. The maximum atomic E-state index is 11.7. The highest BCUT2D eigenvalue weighted by molar-refractivity contribution is 7.90. The van der Waals surface area contributed by atoms with Crippen molar-refractivity contribution in [3.63, 3.8) is 0 Å². The van der Waals surface area contributed by atoms with E-state index in [0.29, 0.717) is 22.0 Å². The summed E-state index contributed by atoms with van der Waals surface area (Å²) in [6, 6.07) is 2.08. The fourth-order valence-electron chi connectivity index (χ4n) is 1.48. The largest absolute Gasteiger partial charge is 0.243 e. The first-order valence-corrected chi connectivity index (χ1v) is 8.13. The third-order valence-corrected chi connectivity index (χ3v) is 5.11. The summed E-state index contributed by atoms with van der Waals surface area (Å²) in [5.74, 6) is 0.266. The highest BCUT2D eigenvalue weighted by atomic mass is 32.2. The van der Waals surface area contributed by atoms with E-state index in [9.17, 15) is 8.42 Å². The third kappa shape index (κ3) is 3.79. The van der Waals surface area contributed by atoms with Gasteiger partial charge < -0.3 is 0 Å². The molecule has 1 aromatic rings. The zero-order valence-corrected chi connectivity index (χ0v) is 11.9. The standard InChI is InChI=1S/C11H16N2O2S2/c1-4-5-17(14,15)7-10-13-11(8(2)3)9(6-12)16-10/h8H,4-5,7H2,1-3H3. The smallest absolute Gasteiger partial charge is 0.156 e. The minimum atomic E-state index is -3.08. The summed E-state index contributed by atoms with van der Waals surface area (Å²) < 4.78 is 23.3. The van der Waals surface area contributed by atoms with E-state index in [1.807, 2.05) is 20.8 Å². The Kier molecular flexibility index (Phi) is 4.66. The van der Waals surface area contributed by atoms with Gasteiger partial charge in [-0.25, -0.2) is 13.4 Å². The second-order valence-corrected chi connectivity index (χ2v) is 7.45. The SMILES string of the molecule is CCCS(=O)(=O)Cc1nc(C(C)C)c(C#N)s1. The lowest BCUT2D eigenvalue weighted by Crippen LogP contribution is -2.08. The third-order valence-electron chi connectivity index (χ3n) is 2.20. The van der Waals surface area contributed by atoms with Gasteiger partial charge in [-0.2, -0.15) is 5.26 Å². The summed E-state index contributed by atoms with van der Waals surface area (Å²) in [6.07, 6.45) is 0.607. The fourth-order valence-corrected chi connectivity index (χ4v) is 4.28. The average molecular weight is 272 g/mol. The van der Waals surface area contributed by atoms with Crippen LogP contribution in [-0.2, 0) is 15.6 Å².